The molecule has 0 aromatic rings. The van der Waals surface area contributed by atoms with Gasteiger partial charge in [0.15, 0.2) is 0 Å². The molecule has 2 N–H and O–H groups in total. The molecule has 0 radical (unpaired) electrons. The Balaban J connectivity index is 0.000000396. The van der Waals surface area contributed by atoms with Gasteiger partial charge < -0.3 is 38.6 Å². The lowest BCUT2D eigenvalue weighted by Gasteiger charge is -2.17. The largest absolute Gasteiger partial charge is 0.503 e. The zero-order valence-corrected chi connectivity index (χ0v) is 12.2. The van der Waals surface area contributed by atoms with Crippen molar-refractivity contribution in [2.75, 3.05) is 52.9 Å². The highest BCUT2D eigenvalue weighted by Crippen LogP contribution is 2.13. The van der Waals surface area contributed by atoms with Crippen molar-refractivity contribution in [2.45, 2.75) is 24.4 Å². The van der Waals surface area contributed by atoms with Crippen LogP contribution in [0.25, 0.3) is 0 Å². The lowest BCUT2D eigenvalue weighted by molar-refractivity contribution is -0.0661. The maximum atomic E-state index is 8.56. The molecular formula is C13H22O9. The van der Waals surface area contributed by atoms with E-state index in [2.05, 4.69) is 0 Å². The second-order valence-electron chi connectivity index (χ2n) is 5.18. The van der Waals surface area contributed by atoms with E-state index in [1.54, 1.807) is 0 Å². The molecule has 3 aliphatic heterocycles. The Kier molecular flexibility index (Phi) is 7.30. The molecule has 3 aliphatic rings. The maximum absolute atomic E-state index is 8.56. The van der Waals surface area contributed by atoms with Crippen molar-refractivity contribution < 1.29 is 43.4 Å². The number of ether oxygens (including phenoxy) is 6. The number of carbonyl (C=O) groups is 1. The van der Waals surface area contributed by atoms with Crippen LogP contribution < -0.4 is 0 Å². The van der Waals surface area contributed by atoms with E-state index in [0.717, 1.165) is 19.8 Å². The molecule has 3 atom stereocenters. The van der Waals surface area contributed by atoms with Crippen molar-refractivity contribution in [3.05, 3.63) is 0 Å². The van der Waals surface area contributed by atoms with E-state index >= 15 is 0 Å². The van der Waals surface area contributed by atoms with Gasteiger partial charge >= 0.3 is 6.16 Å². The molecular weight excluding hydrogens is 300 g/mol. The Hall–Kier alpha value is -0.970. The van der Waals surface area contributed by atoms with Gasteiger partial charge in [0.2, 0.25) is 0 Å². The molecule has 3 unspecified atom stereocenters. The van der Waals surface area contributed by atoms with Crippen molar-refractivity contribution >= 4 is 6.16 Å². The fraction of sp³-hybridized carbons (Fsp3) is 0.923. The van der Waals surface area contributed by atoms with Gasteiger partial charge in [-0.15, -0.1) is 0 Å². The van der Waals surface area contributed by atoms with Crippen molar-refractivity contribution in [3.63, 3.8) is 0 Å². The molecule has 0 aromatic carbocycles. The van der Waals surface area contributed by atoms with Crippen LogP contribution in [0.4, 0.5) is 4.79 Å². The van der Waals surface area contributed by atoms with Gasteiger partial charge in [-0.25, -0.2) is 4.79 Å². The molecule has 0 aliphatic carbocycles. The van der Waals surface area contributed by atoms with E-state index < -0.39 is 6.16 Å². The Morgan fingerprint density at radius 2 is 1.27 bits per heavy atom. The zero-order valence-electron chi connectivity index (χ0n) is 12.2. The van der Waals surface area contributed by atoms with Crippen molar-refractivity contribution in [3.8, 4) is 0 Å². The van der Waals surface area contributed by atoms with E-state index in [1.807, 2.05) is 0 Å². The molecule has 22 heavy (non-hydrogen) atoms. The molecule has 3 heterocycles. The van der Waals surface area contributed by atoms with Gasteiger partial charge in [0, 0.05) is 0 Å². The summed E-state index contributed by atoms with van der Waals surface area (Å²) < 4.78 is 32.1. The summed E-state index contributed by atoms with van der Waals surface area (Å²) in [5.41, 5.74) is 0. The summed E-state index contributed by atoms with van der Waals surface area (Å²) in [6, 6.07) is 0. The lowest BCUT2D eigenvalue weighted by atomic mass is 10.4. The van der Waals surface area contributed by atoms with E-state index in [0.29, 0.717) is 33.0 Å². The molecule has 0 bridgehead atoms. The first kappa shape index (κ1) is 17.4. The molecule has 128 valence electrons. The summed E-state index contributed by atoms with van der Waals surface area (Å²) in [6.07, 6.45) is -1.02. The molecule has 3 saturated heterocycles. The predicted molar refractivity (Wildman–Crippen MR) is 71.3 cm³/mol. The van der Waals surface area contributed by atoms with Crippen LogP contribution in [-0.2, 0) is 28.4 Å². The fourth-order valence-electron chi connectivity index (χ4n) is 1.54. The van der Waals surface area contributed by atoms with Gasteiger partial charge in [-0.05, 0) is 0 Å². The number of rotatable bonds is 11. The second kappa shape index (κ2) is 9.23. The van der Waals surface area contributed by atoms with Crippen molar-refractivity contribution in [1.82, 2.24) is 0 Å². The summed E-state index contributed by atoms with van der Waals surface area (Å²) in [4.78, 5) is 8.56. The van der Waals surface area contributed by atoms with Crippen LogP contribution in [0.2, 0.25) is 0 Å². The highest BCUT2D eigenvalue weighted by molar-refractivity contribution is 5.53. The first-order chi connectivity index (χ1) is 10.6. The quantitative estimate of drug-likeness (QED) is 0.499. The molecule has 0 amide bonds. The number of epoxide rings is 3. The minimum absolute atomic E-state index is 0.0355. The summed E-state index contributed by atoms with van der Waals surface area (Å²) in [6.45, 7) is 5.43. The third kappa shape index (κ3) is 9.87. The maximum Gasteiger partial charge on any atom is 0.503 e. The molecule has 3 rings (SSSR count). The van der Waals surface area contributed by atoms with Gasteiger partial charge in [0.25, 0.3) is 0 Å². The molecule has 9 heteroatoms. The third-order valence-electron chi connectivity index (χ3n) is 2.94. The number of hydrogen-bond donors (Lipinski definition) is 2. The minimum atomic E-state index is -1.83. The van der Waals surface area contributed by atoms with Crippen LogP contribution in [-0.4, -0.2) is 93.6 Å². The molecule has 9 nitrogen and oxygen atoms in total. The first-order valence-corrected chi connectivity index (χ1v) is 7.17. The molecule has 0 spiro atoms. The van der Waals surface area contributed by atoms with Crippen LogP contribution >= 0.6 is 0 Å². The Labute approximate surface area is 128 Å². The van der Waals surface area contributed by atoms with Crippen LogP contribution in [0.5, 0.6) is 0 Å². The smallest absolute Gasteiger partial charge is 0.450 e. The highest BCUT2D eigenvalue weighted by atomic mass is 16.6. The normalized spacial score (nSPS) is 29.2. The van der Waals surface area contributed by atoms with Gasteiger partial charge in [-0.3, -0.25) is 0 Å². The average molecular weight is 322 g/mol. The highest BCUT2D eigenvalue weighted by Gasteiger charge is 2.27. The predicted octanol–water partition coefficient (Wildman–Crippen LogP) is -0.176. The van der Waals surface area contributed by atoms with Crippen LogP contribution in [0, 0.1) is 0 Å². The Bertz CT molecular complexity index is 303. The number of hydrogen-bond acceptors (Lipinski definition) is 7. The van der Waals surface area contributed by atoms with Gasteiger partial charge in [-0.1, -0.05) is 0 Å². The van der Waals surface area contributed by atoms with E-state index in [4.69, 9.17) is 43.4 Å². The van der Waals surface area contributed by atoms with Gasteiger partial charge in [0.05, 0.1) is 52.9 Å². The minimum Gasteiger partial charge on any atom is -0.450 e. The summed E-state index contributed by atoms with van der Waals surface area (Å²) in [7, 11) is 0. The van der Waals surface area contributed by atoms with Gasteiger partial charge in [0.1, 0.15) is 24.4 Å². The van der Waals surface area contributed by atoms with Gasteiger partial charge in [-0.2, -0.15) is 0 Å². The number of carboxylic acid groups (broad SMARTS) is 2. The average Bonchev–Trinajstić information content (AvgIpc) is 3.31. The first-order valence-electron chi connectivity index (χ1n) is 7.17. The third-order valence-corrected chi connectivity index (χ3v) is 2.94. The standard InChI is InChI=1S/C12H20O6.CH2O3/c1(13-3-10-5-16-10)9(15-7-12-8-18-12)2-14-4-11-6-17-11;2-1(3)4/h9-12H,1-8H2;(H2,2,3,4). The second-order valence-corrected chi connectivity index (χ2v) is 5.18. The van der Waals surface area contributed by atoms with E-state index in [-0.39, 0.29) is 24.4 Å². The summed E-state index contributed by atoms with van der Waals surface area (Å²) in [5.74, 6) is 0. The van der Waals surface area contributed by atoms with E-state index in [9.17, 15) is 0 Å². The van der Waals surface area contributed by atoms with E-state index in [1.165, 1.54) is 0 Å². The SMILES string of the molecule is C(OCC1CO1)C(COCC1CO1)OCC1CO1.O=C(O)O. The van der Waals surface area contributed by atoms with Crippen molar-refractivity contribution in [1.29, 1.82) is 0 Å². The lowest BCUT2D eigenvalue weighted by Crippen LogP contribution is -2.28. The molecule has 0 saturated carbocycles. The summed E-state index contributed by atoms with van der Waals surface area (Å²) in [5, 5.41) is 13.9. The van der Waals surface area contributed by atoms with Crippen molar-refractivity contribution in [2.24, 2.45) is 0 Å². The fourth-order valence-corrected chi connectivity index (χ4v) is 1.54. The topological polar surface area (TPSA) is 123 Å². The Morgan fingerprint density at radius 3 is 1.64 bits per heavy atom. The van der Waals surface area contributed by atoms with Crippen LogP contribution in [0.3, 0.4) is 0 Å². The molecule has 0 aromatic heterocycles. The molecule has 3 fully saturated rings. The summed E-state index contributed by atoms with van der Waals surface area (Å²) >= 11 is 0. The van der Waals surface area contributed by atoms with Crippen LogP contribution in [0.15, 0.2) is 0 Å². The zero-order chi connectivity index (χ0) is 15.8. The van der Waals surface area contributed by atoms with Crippen LogP contribution in [0.1, 0.15) is 0 Å². The monoisotopic (exact) mass is 322 g/mol. The Morgan fingerprint density at radius 1 is 0.909 bits per heavy atom.